The largest absolute Gasteiger partial charge is 0.373 e. The van der Waals surface area contributed by atoms with Gasteiger partial charge < -0.3 is 26.6 Å². The van der Waals surface area contributed by atoms with E-state index in [-0.39, 0.29) is 25.3 Å². The van der Waals surface area contributed by atoms with Gasteiger partial charge in [0.2, 0.25) is 23.5 Å². The lowest BCUT2D eigenvalue weighted by Crippen LogP contribution is -2.57. The Labute approximate surface area is 260 Å². The van der Waals surface area contributed by atoms with E-state index in [1.165, 1.54) is 12.1 Å². The van der Waals surface area contributed by atoms with E-state index >= 15 is 0 Å². The molecule has 4 amide bonds. The zero-order valence-corrected chi connectivity index (χ0v) is 24.7. The van der Waals surface area contributed by atoms with Crippen molar-refractivity contribution in [1.82, 2.24) is 21.3 Å². The van der Waals surface area contributed by atoms with Crippen LogP contribution in [0.25, 0.3) is 0 Å². The number of amides is 4. The average Bonchev–Trinajstić information content (AvgIpc) is 3.48. The Bertz CT molecular complexity index is 1550. The number of nitrogens with one attached hydrogen (secondary N) is 5. The first-order chi connectivity index (χ1) is 21.8. The fraction of sp³-hybridized carbons (Fsp3) is 0.324. The van der Waals surface area contributed by atoms with Gasteiger partial charge in [-0.2, -0.15) is 0 Å². The third-order valence-electron chi connectivity index (χ3n) is 8.13. The van der Waals surface area contributed by atoms with E-state index in [9.17, 15) is 28.4 Å². The second-order valence-electron chi connectivity index (χ2n) is 11.4. The lowest BCUT2D eigenvalue weighted by molar-refractivity contribution is -0.141. The maximum absolute atomic E-state index is 13.8. The molecule has 10 nitrogen and oxygen atoms in total. The van der Waals surface area contributed by atoms with Crippen molar-refractivity contribution in [2.75, 3.05) is 11.9 Å². The molecule has 2 heterocycles. The quantitative estimate of drug-likeness (QED) is 0.198. The monoisotopic (exact) mass is 613 g/mol. The van der Waals surface area contributed by atoms with Gasteiger partial charge in [-0.25, -0.2) is 4.39 Å². The third-order valence-corrected chi connectivity index (χ3v) is 8.13. The van der Waals surface area contributed by atoms with Crippen LogP contribution < -0.4 is 26.6 Å². The number of hydrogen-bond acceptors (Lipinski definition) is 6. The Morgan fingerprint density at radius 1 is 0.889 bits per heavy atom. The van der Waals surface area contributed by atoms with E-state index in [1.54, 1.807) is 30.3 Å². The van der Waals surface area contributed by atoms with Gasteiger partial charge in [-0.3, -0.25) is 24.0 Å². The highest BCUT2D eigenvalue weighted by Crippen LogP contribution is 2.26. The normalized spacial score (nSPS) is 18.4. The summed E-state index contributed by atoms with van der Waals surface area (Å²) in [6, 6.07) is 19.3. The van der Waals surface area contributed by atoms with Crippen LogP contribution in [-0.2, 0) is 43.4 Å². The standard InChI is InChI=1S/C34H36FN5O5/c35-25-14-13-23-17-29(38-26(23)19-25)33(44)40-28(16-21-8-3-1-4-9-21)32(43)39-27(18-24-12-7-15-36-31(24)42)30(41)34(45)37-20-22-10-5-2-6-11-22/h1-6,8-11,13-14,19,24,27-29,38H,7,12,15-18,20H2,(H,36,42)(H,37,45)(H,39,43)(H,40,44)/t24-,27?,28-,29?/m0/s1. The van der Waals surface area contributed by atoms with Crippen molar-refractivity contribution in [3.63, 3.8) is 0 Å². The minimum Gasteiger partial charge on any atom is -0.373 e. The molecule has 5 rings (SSSR count). The van der Waals surface area contributed by atoms with Gasteiger partial charge in [-0.15, -0.1) is 0 Å². The van der Waals surface area contributed by atoms with Crippen molar-refractivity contribution in [3.05, 3.63) is 101 Å². The highest BCUT2D eigenvalue weighted by Gasteiger charge is 2.36. The molecule has 0 aliphatic carbocycles. The zero-order chi connectivity index (χ0) is 31.8. The summed E-state index contributed by atoms with van der Waals surface area (Å²) in [6.07, 6.45) is 1.57. The molecule has 2 aliphatic rings. The Morgan fingerprint density at radius 3 is 2.31 bits per heavy atom. The molecular formula is C34H36FN5O5. The van der Waals surface area contributed by atoms with Crippen LogP contribution >= 0.6 is 0 Å². The number of carbonyl (C=O) groups is 5. The van der Waals surface area contributed by atoms with Crippen LogP contribution in [0, 0.1) is 11.7 Å². The van der Waals surface area contributed by atoms with Crippen molar-refractivity contribution in [2.45, 2.75) is 56.8 Å². The number of halogens is 1. The number of ketones is 1. The van der Waals surface area contributed by atoms with Gasteiger partial charge in [0.1, 0.15) is 17.9 Å². The Hall–Kier alpha value is -5.06. The molecule has 2 aliphatic heterocycles. The predicted molar refractivity (Wildman–Crippen MR) is 165 cm³/mol. The number of Topliss-reactive ketones (excluding diaryl/α,β-unsaturated/α-hetero) is 1. The van der Waals surface area contributed by atoms with Crippen LogP contribution in [0.2, 0.25) is 0 Å². The number of carbonyl (C=O) groups excluding carboxylic acids is 5. The first-order valence-corrected chi connectivity index (χ1v) is 15.1. The van der Waals surface area contributed by atoms with E-state index in [1.807, 2.05) is 36.4 Å². The molecule has 5 N–H and O–H groups in total. The molecule has 11 heteroatoms. The number of hydrogen-bond donors (Lipinski definition) is 5. The molecule has 3 aromatic rings. The lowest BCUT2D eigenvalue weighted by atomic mass is 9.89. The van der Waals surface area contributed by atoms with Crippen molar-refractivity contribution >= 4 is 35.1 Å². The summed E-state index contributed by atoms with van der Waals surface area (Å²) < 4.78 is 13.7. The van der Waals surface area contributed by atoms with Gasteiger partial charge in [0.05, 0.1) is 6.04 Å². The summed E-state index contributed by atoms with van der Waals surface area (Å²) in [7, 11) is 0. The zero-order valence-electron chi connectivity index (χ0n) is 24.7. The van der Waals surface area contributed by atoms with Gasteiger partial charge in [-0.1, -0.05) is 66.7 Å². The minimum absolute atomic E-state index is 0.0633. The lowest BCUT2D eigenvalue weighted by Gasteiger charge is -2.28. The van der Waals surface area contributed by atoms with E-state index in [0.29, 0.717) is 31.5 Å². The van der Waals surface area contributed by atoms with Crippen molar-refractivity contribution in [1.29, 1.82) is 0 Å². The number of benzene rings is 3. The van der Waals surface area contributed by atoms with E-state index in [4.69, 9.17) is 0 Å². The van der Waals surface area contributed by atoms with E-state index in [2.05, 4.69) is 26.6 Å². The van der Waals surface area contributed by atoms with Gasteiger partial charge in [0, 0.05) is 37.5 Å². The van der Waals surface area contributed by atoms with Gasteiger partial charge in [-0.05, 0) is 48.1 Å². The van der Waals surface area contributed by atoms with Crippen LogP contribution in [-0.4, -0.2) is 54.1 Å². The Kier molecular flexibility index (Phi) is 10.2. The van der Waals surface area contributed by atoms with Crippen LogP contribution in [0.3, 0.4) is 0 Å². The molecule has 2 unspecified atom stereocenters. The average molecular weight is 614 g/mol. The first-order valence-electron chi connectivity index (χ1n) is 15.1. The molecule has 0 saturated carbocycles. The molecule has 45 heavy (non-hydrogen) atoms. The van der Waals surface area contributed by atoms with Crippen molar-refractivity contribution in [3.8, 4) is 0 Å². The second kappa shape index (κ2) is 14.6. The SMILES string of the molecule is O=C(NCc1ccccc1)C(=O)C(C[C@@H]1CCCNC1=O)NC(=O)[C@H](Cc1ccccc1)NC(=O)C1Cc2ccc(F)cc2N1. The summed E-state index contributed by atoms with van der Waals surface area (Å²) >= 11 is 0. The predicted octanol–water partition coefficient (Wildman–Crippen LogP) is 2.18. The molecule has 1 fully saturated rings. The number of rotatable bonds is 12. The summed E-state index contributed by atoms with van der Waals surface area (Å²) in [5, 5.41) is 13.9. The summed E-state index contributed by atoms with van der Waals surface area (Å²) in [6.45, 7) is 0.637. The molecule has 0 aromatic heterocycles. The van der Waals surface area contributed by atoms with E-state index < -0.39 is 53.4 Å². The summed E-state index contributed by atoms with van der Waals surface area (Å²) in [5.41, 5.74) is 2.84. The maximum atomic E-state index is 13.8. The third kappa shape index (κ3) is 8.31. The highest BCUT2D eigenvalue weighted by atomic mass is 19.1. The molecule has 0 radical (unpaired) electrons. The smallest absolute Gasteiger partial charge is 0.289 e. The van der Waals surface area contributed by atoms with Crippen LogP contribution in [0.1, 0.15) is 36.0 Å². The van der Waals surface area contributed by atoms with E-state index in [0.717, 1.165) is 16.7 Å². The molecule has 0 bridgehead atoms. The minimum atomic E-state index is -1.30. The molecule has 0 spiro atoms. The van der Waals surface area contributed by atoms with Crippen LogP contribution in [0.5, 0.6) is 0 Å². The van der Waals surface area contributed by atoms with Crippen LogP contribution in [0.4, 0.5) is 10.1 Å². The second-order valence-corrected chi connectivity index (χ2v) is 11.4. The fourth-order valence-electron chi connectivity index (χ4n) is 5.68. The molecule has 234 valence electrons. The fourth-order valence-corrected chi connectivity index (χ4v) is 5.68. The maximum Gasteiger partial charge on any atom is 0.289 e. The summed E-state index contributed by atoms with van der Waals surface area (Å²) in [5.74, 6) is -4.15. The Balaban J connectivity index is 1.32. The highest BCUT2D eigenvalue weighted by molar-refractivity contribution is 6.38. The first kappa shape index (κ1) is 31.4. The van der Waals surface area contributed by atoms with Gasteiger partial charge >= 0.3 is 0 Å². The van der Waals surface area contributed by atoms with Gasteiger partial charge in [0.15, 0.2) is 0 Å². The molecular weight excluding hydrogens is 577 g/mol. The molecule has 1 saturated heterocycles. The summed E-state index contributed by atoms with van der Waals surface area (Å²) in [4.78, 5) is 66.2. The van der Waals surface area contributed by atoms with Crippen molar-refractivity contribution in [2.24, 2.45) is 5.92 Å². The number of fused-ring (bicyclic) bond motifs is 1. The molecule has 3 aromatic carbocycles. The van der Waals surface area contributed by atoms with Crippen molar-refractivity contribution < 1.29 is 28.4 Å². The van der Waals surface area contributed by atoms with Crippen LogP contribution in [0.15, 0.2) is 78.9 Å². The Morgan fingerprint density at radius 2 is 1.60 bits per heavy atom. The number of anilines is 1. The van der Waals surface area contributed by atoms with Gasteiger partial charge in [0.25, 0.3) is 5.91 Å². The number of piperidine rings is 1. The molecule has 4 atom stereocenters. The topological polar surface area (TPSA) is 146 Å².